The normalized spacial score (nSPS) is 12.1. The van der Waals surface area contributed by atoms with Gasteiger partial charge in [-0.05, 0) is 43.1 Å². The molecule has 0 amide bonds. The van der Waals surface area contributed by atoms with Gasteiger partial charge in [-0.25, -0.2) is 0 Å². The fraction of sp³-hybridized carbons (Fsp3) is 0.571. The second-order valence-corrected chi connectivity index (χ2v) is 9.58. The predicted molar refractivity (Wildman–Crippen MR) is 72.1 cm³/mol. The smallest absolute Gasteiger partial charge is 0.186 e. The fourth-order valence-corrected chi connectivity index (χ4v) is 4.81. The average molecular weight is 235 g/mol. The highest BCUT2D eigenvalue weighted by Gasteiger charge is 2.23. The van der Waals surface area contributed by atoms with Gasteiger partial charge in [0.2, 0.25) is 0 Å². The third-order valence-corrected chi connectivity index (χ3v) is 5.36. The lowest BCUT2D eigenvalue weighted by molar-refractivity contribution is 0.307. The second kappa shape index (κ2) is 6.21. The van der Waals surface area contributed by atoms with Crippen LogP contribution >= 0.6 is 0 Å². The van der Waals surface area contributed by atoms with Crippen LogP contribution in [0.15, 0.2) is 24.3 Å². The molecule has 89 valence electrons. The predicted octanol–water partition coefficient (Wildman–Crippen LogP) is 3.91. The molecule has 1 nitrogen and oxygen atoms in total. The van der Waals surface area contributed by atoms with Crippen molar-refractivity contribution in [2.75, 3.05) is 6.61 Å². The zero-order chi connectivity index (χ0) is 12.0. The Kier molecular flexibility index (Phi) is 5.23. The Bertz CT molecular complexity index is 293. The van der Waals surface area contributed by atoms with Crippen molar-refractivity contribution >= 4 is 8.32 Å². The molecule has 0 spiro atoms. The molecule has 1 rings (SSSR count). The summed E-state index contributed by atoms with van der Waals surface area (Å²) in [6.45, 7) is 10.0. The minimum Gasteiger partial charge on any atom is -0.417 e. The molecule has 0 aromatic heterocycles. The fourth-order valence-electron chi connectivity index (χ4n) is 2.08. The maximum Gasteiger partial charge on any atom is 0.186 e. The van der Waals surface area contributed by atoms with Crippen LogP contribution < -0.4 is 0 Å². The first kappa shape index (κ1) is 13.5. The first-order valence-electron chi connectivity index (χ1n) is 6.08. The maximum absolute atomic E-state index is 6.07. The second-order valence-electron chi connectivity index (χ2n) is 5.36. The van der Waals surface area contributed by atoms with Gasteiger partial charge in [0.25, 0.3) is 0 Å². The van der Waals surface area contributed by atoms with Crippen molar-refractivity contribution in [3.05, 3.63) is 35.9 Å². The molecule has 1 radical (unpaired) electrons. The lowest BCUT2D eigenvalue weighted by Gasteiger charge is -2.24. The lowest BCUT2D eigenvalue weighted by atomic mass is 10.2. The van der Waals surface area contributed by atoms with Crippen LogP contribution in [0.2, 0.25) is 19.1 Å². The first-order chi connectivity index (χ1) is 7.49. The van der Waals surface area contributed by atoms with Gasteiger partial charge in [-0.2, -0.15) is 0 Å². The van der Waals surface area contributed by atoms with Crippen LogP contribution in [-0.2, 0) is 10.8 Å². The van der Waals surface area contributed by atoms with Crippen LogP contribution in [0.3, 0.4) is 0 Å². The van der Waals surface area contributed by atoms with E-state index in [1.807, 2.05) is 12.1 Å². The van der Waals surface area contributed by atoms with Crippen molar-refractivity contribution < 1.29 is 4.43 Å². The molecule has 0 heterocycles. The van der Waals surface area contributed by atoms with Crippen molar-refractivity contribution in [3.8, 4) is 0 Å². The first-order valence-corrected chi connectivity index (χ1v) is 9.20. The van der Waals surface area contributed by atoms with Gasteiger partial charge in [0, 0.05) is 6.61 Å². The van der Waals surface area contributed by atoms with Gasteiger partial charge in [-0.3, -0.25) is 0 Å². The summed E-state index contributed by atoms with van der Waals surface area (Å²) in [5.74, 6) is 0.744. The number of benzene rings is 1. The molecule has 0 aliphatic carbocycles. The molecular formula is C14H23OSi. The molecule has 1 aromatic rings. The highest BCUT2D eigenvalue weighted by Crippen LogP contribution is 2.17. The van der Waals surface area contributed by atoms with Gasteiger partial charge < -0.3 is 4.43 Å². The molecule has 1 aromatic carbocycles. The van der Waals surface area contributed by atoms with Crippen molar-refractivity contribution in [2.24, 2.45) is 5.92 Å². The third-order valence-electron chi connectivity index (χ3n) is 2.57. The summed E-state index contributed by atoms with van der Waals surface area (Å²) >= 11 is 0. The third kappa shape index (κ3) is 5.47. The van der Waals surface area contributed by atoms with Crippen molar-refractivity contribution in [1.82, 2.24) is 0 Å². The zero-order valence-corrected chi connectivity index (χ0v) is 11.9. The van der Waals surface area contributed by atoms with E-state index >= 15 is 0 Å². The highest BCUT2D eigenvalue weighted by molar-refractivity contribution is 6.71. The van der Waals surface area contributed by atoms with Crippen LogP contribution in [0.5, 0.6) is 0 Å². The molecule has 0 aliphatic rings. The van der Waals surface area contributed by atoms with E-state index in [0.29, 0.717) is 0 Å². The monoisotopic (exact) mass is 235 g/mol. The molecule has 2 heteroatoms. The molecule has 0 N–H and O–H groups in total. The average Bonchev–Trinajstić information content (AvgIpc) is 2.16. The molecular weight excluding hydrogens is 212 g/mol. The Labute approximate surface area is 101 Å². The van der Waals surface area contributed by atoms with Gasteiger partial charge in [0.15, 0.2) is 8.32 Å². The molecule has 16 heavy (non-hydrogen) atoms. The van der Waals surface area contributed by atoms with E-state index < -0.39 is 8.32 Å². The summed E-state index contributed by atoms with van der Waals surface area (Å²) in [5, 5.41) is 0. The van der Waals surface area contributed by atoms with E-state index in [1.165, 1.54) is 11.6 Å². The summed E-state index contributed by atoms with van der Waals surface area (Å²) in [5.41, 5.74) is 1.34. The summed E-state index contributed by atoms with van der Waals surface area (Å²) in [6.07, 6.45) is 1.02. The number of rotatable bonds is 6. The van der Waals surface area contributed by atoms with Gasteiger partial charge in [0.05, 0.1) is 0 Å². The SMILES string of the molecule is CC(C)C[Si](C)(C)OCCc1cc[c]cc1. The minimum absolute atomic E-state index is 0.744. The summed E-state index contributed by atoms with van der Waals surface area (Å²) < 4.78 is 6.07. The minimum atomic E-state index is -1.43. The van der Waals surface area contributed by atoms with E-state index in [0.717, 1.165) is 18.9 Å². The molecule has 0 fully saturated rings. The molecule has 0 atom stereocenters. The number of hydrogen-bond donors (Lipinski definition) is 0. The Morgan fingerprint density at radius 2 is 1.88 bits per heavy atom. The van der Waals surface area contributed by atoms with Crippen molar-refractivity contribution in [3.63, 3.8) is 0 Å². The van der Waals surface area contributed by atoms with Crippen LogP contribution in [0.25, 0.3) is 0 Å². The zero-order valence-electron chi connectivity index (χ0n) is 10.9. The highest BCUT2D eigenvalue weighted by atomic mass is 28.4. The standard InChI is InChI=1S/C14H23OSi/c1-13(2)12-16(3,4)15-11-10-14-8-6-5-7-9-14/h6-9,13H,10-12H2,1-4H3. The van der Waals surface area contributed by atoms with Crippen LogP contribution in [0, 0.1) is 12.0 Å². The summed E-state index contributed by atoms with van der Waals surface area (Å²) in [4.78, 5) is 0. The van der Waals surface area contributed by atoms with Crippen LogP contribution in [0.4, 0.5) is 0 Å². The lowest BCUT2D eigenvalue weighted by Crippen LogP contribution is -2.32. The number of hydrogen-bond acceptors (Lipinski definition) is 1. The van der Waals surface area contributed by atoms with E-state index in [2.05, 4.69) is 45.1 Å². The van der Waals surface area contributed by atoms with E-state index in [-0.39, 0.29) is 0 Å². The van der Waals surface area contributed by atoms with Crippen LogP contribution in [-0.4, -0.2) is 14.9 Å². The van der Waals surface area contributed by atoms with Gasteiger partial charge in [-0.15, -0.1) is 0 Å². The molecule has 0 bridgehead atoms. The Hall–Kier alpha value is -0.603. The van der Waals surface area contributed by atoms with Gasteiger partial charge >= 0.3 is 0 Å². The van der Waals surface area contributed by atoms with Gasteiger partial charge in [0.1, 0.15) is 0 Å². The van der Waals surface area contributed by atoms with Gasteiger partial charge in [-0.1, -0.05) is 38.1 Å². The quantitative estimate of drug-likeness (QED) is 0.679. The Morgan fingerprint density at radius 1 is 1.25 bits per heavy atom. The Morgan fingerprint density at radius 3 is 2.44 bits per heavy atom. The van der Waals surface area contributed by atoms with E-state index in [1.54, 1.807) is 0 Å². The molecule has 0 unspecified atom stereocenters. The Balaban J connectivity index is 2.30. The largest absolute Gasteiger partial charge is 0.417 e. The maximum atomic E-state index is 6.07. The van der Waals surface area contributed by atoms with Crippen LogP contribution in [0.1, 0.15) is 19.4 Å². The summed E-state index contributed by atoms with van der Waals surface area (Å²) in [6, 6.07) is 12.4. The summed E-state index contributed by atoms with van der Waals surface area (Å²) in [7, 11) is -1.43. The topological polar surface area (TPSA) is 9.23 Å². The van der Waals surface area contributed by atoms with E-state index in [9.17, 15) is 0 Å². The van der Waals surface area contributed by atoms with Crippen molar-refractivity contribution in [2.45, 2.75) is 39.4 Å². The molecule has 0 saturated carbocycles. The van der Waals surface area contributed by atoms with Crippen molar-refractivity contribution in [1.29, 1.82) is 0 Å². The molecule has 0 saturated heterocycles. The molecule has 0 aliphatic heterocycles. The van der Waals surface area contributed by atoms with E-state index in [4.69, 9.17) is 4.43 Å².